The van der Waals surface area contributed by atoms with Crippen molar-refractivity contribution < 1.29 is 18.0 Å². The van der Waals surface area contributed by atoms with E-state index in [0.717, 1.165) is 12.8 Å². The lowest BCUT2D eigenvalue weighted by atomic mass is 9.93. The normalized spacial score (nSPS) is 23.5. The third kappa shape index (κ3) is 4.64. The van der Waals surface area contributed by atoms with Crippen molar-refractivity contribution in [3.63, 3.8) is 0 Å². The van der Waals surface area contributed by atoms with Crippen LogP contribution in [0.1, 0.15) is 32.1 Å². The summed E-state index contributed by atoms with van der Waals surface area (Å²) < 4.78 is 35.9. The summed E-state index contributed by atoms with van der Waals surface area (Å²) in [6.07, 6.45) is -2.26. The lowest BCUT2D eigenvalue weighted by Crippen LogP contribution is -2.38. The molecular weight excluding hydrogens is 207 g/mol. The molecule has 0 radical (unpaired) electrons. The van der Waals surface area contributed by atoms with Gasteiger partial charge in [0.15, 0.2) is 0 Å². The Kier molecular flexibility index (Phi) is 4.13. The maximum absolute atomic E-state index is 12.0. The van der Waals surface area contributed by atoms with Gasteiger partial charge in [-0.15, -0.1) is 0 Å². The average Bonchev–Trinajstić information content (AvgIpc) is 2.13. The largest absolute Gasteiger partial charge is 0.390 e. The van der Waals surface area contributed by atoms with E-state index in [2.05, 4.69) is 0 Å². The number of alkyl halides is 3. The molecule has 0 aliphatic heterocycles. The Morgan fingerprint density at radius 3 is 2.67 bits per heavy atom. The van der Waals surface area contributed by atoms with Crippen LogP contribution in [0.4, 0.5) is 13.2 Å². The van der Waals surface area contributed by atoms with E-state index in [1.54, 1.807) is 11.9 Å². The van der Waals surface area contributed by atoms with Gasteiger partial charge in [-0.25, -0.2) is 0 Å². The van der Waals surface area contributed by atoms with E-state index in [-0.39, 0.29) is 18.4 Å². The van der Waals surface area contributed by atoms with E-state index in [9.17, 15) is 18.0 Å². The number of ketones is 1. The first-order valence-electron chi connectivity index (χ1n) is 5.17. The summed E-state index contributed by atoms with van der Waals surface area (Å²) in [5.74, 6) is 0.171. The number of halogens is 3. The van der Waals surface area contributed by atoms with E-state index >= 15 is 0 Å². The van der Waals surface area contributed by atoms with E-state index in [4.69, 9.17) is 0 Å². The van der Waals surface area contributed by atoms with Crippen molar-refractivity contribution in [2.24, 2.45) is 0 Å². The lowest BCUT2D eigenvalue weighted by molar-refractivity contribution is -0.138. The monoisotopic (exact) mass is 223 g/mol. The second kappa shape index (κ2) is 4.96. The Morgan fingerprint density at radius 2 is 2.13 bits per heavy atom. The van der Waals surface area contributed by atoms with Crippen LogP contribution >= 0.6 is 0 Å². The first kappa shape index (κ1) is 12.5. The van der Waals surface area contributed by atoms with Gasteiger partial charge < -0.3 is 4.90 Å². The number of rotatable bonds is 3. The first-order chi connectivity index (χ1) is 6.88. The first-order valence-corrected chi connectivity index (χ1v) is 5.17. The minimum atomic E-state index is -4.10. The van der Waals surface area contributed by atoms with Crippen molar-refractivity contribution in [1.82, 2.24) is 4.90 Å². The molecule has 2 nitrogen and oxygen atoms in total. The molecule has 0 bridgehead atoms. The number of carbonyl (C=O) groups is 1. The van der Waals surface area contributed by atoms with Gasteiger partial charge >= 0.3 is 6.18 Å². The van der Waals surface area contributed by atoms with Crippen LogP contribution < -0.4 is 0 Å². The van der Waals surface area contributed by atoms with Crippen molar-refractivity contribution in [1.29, 1.82) is 0 Å². The molecule has 0 N–H and O–H groups in total. The zero-order valence-electron chi connectivity index (χ0n) is 8.81. The van der Waals surface area contributed by atoms with Crippen LogP contribution in [0.3, 0.4) is 0 Å². The van der Waals surface area contributed by atoms with Crippen LogP contribution in [0, 0.1) is 0 Å². The van der Waals surface area contributed by atoms with E-state index in [1.165, 1.54) is 0 Å². The molecular formula is C10H16F3NO. The second-order valence-electron chi connectivity index (χ2n) is 4.13. The van der Waals surface area contributed by atoms with E-state index < -0.39 is 12.6 Å². The Hall–Kier alpha value is -0.580. The van der Waals surface area contributed by atoms with Crippen LogP contribution in [0.25, 0.3) is 0 Å². The van der Waals surface area contributed by atoms with Crippen LogP contribution in [0.5, 0.6) is 0 Å². The molecule has 1 atom stereocenters. The molecule has 15 heavy (non-hydrogen) atoms. The molecule has 0 saturated heterocycles. The van der Waals surface area contributed by atoms with E-state index in [0.29, 0.717) is 12.8 Å². The van der Waals surface area contributed by atoms with Gasteiger partial charge in [0.2, 0.25) is 0 Å². The fourth-order valence-corrected chi connectivity index (χ4v) is 1.86. The standard InChI is InChI=1S/C10H16F3NO/c1-14(6-5-10(11,12)13)8-3-2-4-9(15)7-8/h8H,2-7H2,1H3. The van der Waals surface area contributed by atoms with Gasteiger partial charge in [0.1, 0.15) is 5.78 Å². The van der Waals surface area contributed by atoms with Crippen molar-refractivity contribution in [2.45, 2.75) is 44.3 Å². The third-order valence-corrected chi connectivity index (χ3v) is 2.83. The van der Waals surface area contributed by atoms with Crippen LogP contribution in [0.2, 0.25) is 0 Å². The van der Waals surface area contributed by atoms with Gasteiger partial charge in [0.05, 0.1) is 6.42 Å². The third-order valence-electron chi connectivity index (χ3n) is 2.83. The summed E-state index contributed by atoms with van der Waals surface area (Å²) >= 11 is 0. The molecule has 1 aliphatic rings. The minimum absolute atomic E-state index is 0.00796. The minimum Gasteiger partial charge on any atom is -0.303 e. The van der Waals surface area contributed by atoms with Gasteiger partial charge in [0.25, 0.3) is 0 Å². The number of Topliss-reactive ketones (excluding diaryl/α,β-unsaturated/α-hetero) is 1. The highest BCUT2D eigenvalue weighted by molar-refractivity contribution is 5.79. The van der Waals surface area contributed by atoms with Gasteiger partial charge in [0, 0.05) is 25.4 Å². The van der Waals surface area contributed by atoms with Crippen LogP contribution in [-0.2, 0) is 4.79 Å². The maximum atomic E-state index is 12.0. The Bertz CT molecular complexity index is 227. The average molecular weight is 223 g/mol. The van der Waals surface area contributed by atoms with Gasteiger partial charge in [-0.3, -0.25) is 4.79 Å². The molecule has 1 unspecified atom stereocenters. The molecule has 88 valence electrons. The van der Waals surface area contributed by atoms with Crippen molar-refractivity contribution in [2.75, 3.05) is 13.6 Å². The summed E-state index contributed by atoms with van der Waals surface area (Å²) in [7, 11) is 1.66. The Morgan fingerprint density at radius 1 is 1.47 bits per heavy atom. The fraction of sp³-hybridized carbons (Fsp3) is 0.900. The predicted octanol–water partition coefficient (Wildman–Crippen LogP) is 2.38. The SMILES string of the molecule is CN(CCC(F)(F)F)C1CCCC(=O)C1. The molecule has 1 aliphatic carbocycles. The Balaban J connectivity index is 2.33. The second-order valence-corrected chi connectivity index (χ2v) is 4.13. The summed E-state index contributed by atoms with van der Waals surface area (Å²) in [6.45, 7) is -0.0125. The maximum Gasteiger partial charge on any atom is 0.390 e. The highest BCUT2D eigenvalue weighted by Gasteiger charge is 2.29. The van der Waals surface area contributed by atoms with Crippen molar-refractivity contribution >= 4 is 5.78 Å². The summed E-state index contributed by atoms with van der Waals surface area (Å²) in [5, 5.41) is 0. The molecule has 0 heterocycles. The molecule has 1 saturated carbocycles. The number of nitrogens with zero attached hydrogens (tertiary/aromatic N) is 1. The predicted molar refractivity (Wildman–Crippen MR) is 50.6 cm³/mol. The van der Waals surface area contributed by atoms with Crippen LogP contribution in [0.15, 0.2) is 0 Å². The number of carbonyl (C=O) groups excluding carboxylic acids is 1. The molecule has 0 amide bonds. The zero-order valence-corrected chi connectivity index (χ0v) is 8.81. The van der Waals surface area contributed by atoms with Gasteiger partial charge in [-0.2, -0.15) is 13.2 Å². The van der Waals surface area contributed by atoms with Crippen molar-refractivity contribution in [3.8, 4) is 0 Å². The summed E-state index contributed by atoms with van der Waals surface area (Å²) in [4.78, 5) is 12.8. The van der Waals surface area contributed by atoms with Crippen LogP contribution in [-0.4, -0.2) is 36.5 Å². The zero-order chi connectivity index (χ0) is 11.5. The van der Waals surface area contributed by atoms with E-state index in [1.807, 2.05) is 0 Å². The topological polar surface area (TPSA) is 20.3 Å². The summed E-state index contributed by atoms with van der Waals surface area (Å²) in [6, 6.07) is 0.00796. The Labute approximate surface area is 87.4 Å². The smallest absolute Gasteiger partial charge is 0.303 e. The van der Waals surface area contributed by atoms with Gasteiger partial charge in [-0.1, -0.05) is 0 Å². The quantitative estimate of drug-likeness (QED) is 0.732. The lowest BCUT2D eigenvalue weighted by Gasteiger charge is -2.30. The van der Waals surface area contributed by atoms with Crippen molar-refractivity contribution in [3.05, 3.63) is 0 Å². The highest BCUT2D eigenvalue weighted by Crippen LogP contribution is 2.23. The molecule has 5 heteroatoms. The molecule has 0 aromatic rings. The summed E-state index contributed by atoms with van der Waals surface area (Å²) in [5.41, 5.74) is 0. The molecule has 1 rings (SSSR count). The molecule has 0 aromatic carbocycles. The molecule has 0 aromatic heterocycles. The number of hydrogen-bond donors (Lipinski definition) is 0. The fourth-order valence-electron chi connectivity index (χ4n) is 1.86. The molecule has 1 fully saturated rings. The van der Waals surface area contributed by atoms with Gasteiger partial charge in [-0.05, 0) is 19.9 Å². The highest BCUT2D eigenvalue weighted by atomic mass is 19.4. The number of hydrogen-bond acceptors (Lipinski definition) is 2. The molecule has 0 spiro atoms.